The molecule has 4 aliphatic carbocycles. The maximum Gasteiger partial charge on any atom is 0.176 e. The summed E-state index contributed by atoms with van der Waals surface area (Å²) in [6.45, 7) is 0.449. The highest BCUT2D eigenvalue weighted by atomic mass is 16.1. The number of hydrogen-bond donors (Lipinski definition) is 2. The van der Waals surface area contributed by atoms with Crippen molar-refractivity contribution in [1.82, 2.24) is 5.32 Å². The average molecular weight is 346 g/mol. The predicted octanol–water partition coefficient (Wildman–Crippen LogP) is 3.94. The molecule has 2 aromatic carbocycles. The first-order valence-electron chi connectivity index (χ1n) is 9.78. The van der Waals surface area contributed by atoms with E-state index in [1.807, 2.05) is 42.5 Å². The van der Waals surface area contributed by atoms with E-state index in [0.717, 1.165) is 23.6 Å². The smallest absolute Gasteiger partial charge is 0.176 e. The molecule has 3 nitrogen and oxygen atoms in total. The van der Waals surface area contributed by atoms with Gasteiger partial charge < -0.3 is 11.1 Å². The molecule has 6 rings (SSSR count). The third kappa shape index (κ3) is 2.41. The summed E-state index contributed by atoms with van der Waals surface area (Å²) in [6.07, 6.45) is 6.26. The highest BCUT2D eigenvalue weighted by molar-refractivity contribution is 5.97. The van der Waals surface area contributed by atoms with Crippen molar-refractivity contribution in [2.45, 2.75) is 43.1 Å². The highest BCUT2D eigenvalue weighted by Gasteiger charge is 2.64. The van der Waals surface area contributed by atoms with Crippen molar-refractivity contribution in [3.05, 3.63) is 65.7 Å². The van der Waals surface area contributed by atoms with Gasteiger partial charge in [0.1, 0.15) is 0 Å². The number of anilines is 1. The quantitative estimate of drug-likeness (QED) is 0.637. The van der Waals surface area contributed by atoms with Crippen molar-refractivity contribution in [1.29, 1.82) is 0 Å². The Hall–Kier alpha value is -2.13. The lowest BCUT2D eigenvalue weighted by atomic mass is 9.65. The molecule has 4 fully saturated rings. The lowest BCUT2D eigenvalue weighted by Gasteiger charge is -2.42. The predicted molar refractivity (Wildman–Crippen MR) is 104 cm³/mol. The van der Waals surface area contributed by atoms with Crippen molar-refractivity contribution >= 4 is 11.5 Å². The fourth-order valence-corrected chi connectivity index (χ4v) is 6.34. The Morgan fingerprint density at radius 3 is 2.58 bits per heavy atom. The third-order valence-corrected chi connectivity index (χ3v) is 7.24. The first-order chi connectivity index (χ1) is 12.6. The van der Waals surface area contributed by atoms with Crippen LogP contribution in [0, 0.1) is 11.8 Å². The van der Waals surface area contributed by atoms with Gasteiger partial charge in [0, 0.05) is 16.8 Å². The molecule has 3 N–H and O–H groups in total. The molecular weight excluding hydrogens is 320 g/mol. The third-order valence-electron chi connectivity index (χ3n) is 7.24. The molecule has 2 aromatic rings. The van der Waals surface area contributed by atoms with Crippen molar-refractivity contribution in [2.75, 3.05) is 12.3 Å². The molecule has 0 amide bonds. The molecule has 0 heterocycles. The molecule has 0 spiro atoms. The Morgan fingerprint density at radius 2 is 1.81 bits per heavy atom. The fraction of sp³-hybridized carbons (Fsp3) is 0.435. The maximum atomic E-state index is 12.6. The molecule has 3 heteroatoms. The summed E-state index contributed by atoms with van der Waals surface area (Å²) in [5, 5.41) is 3.75. The van der Waals surface area contributed by atoms with Gasteiger partial charge in [0.25, 0.3) is 0 Å². The first-order valence-corrected chi connectivity index (χ1v) is 9.78. The number of nitrogen functional groups attached to an aromatic ring is 1. The van der Waals surface area contributed by atoms with E-state index in [1.165, 1.54) is 31.2 Å². The molecule has 0 aliphatic heterocycles. The number of nitrogens with two attached hydrogens (primary N) is 1. The number of Topliss-reactive ketones (excluding diaryl/α,β-unsaturated/α-hetero) is 1. The number of benzene rings is 2. The van der Waals surface area contributed by atoms with Crippen LogP contribution in [0.2, 0.25) is 0 Å². The molecule has 0 radical (unpaired) electrons. The largest absolute Gasteiger partial charge is 0.399 e. The van der Waals surface area contributed by atoms with E-state index < -0.39 is 0 Å². The number of carbonyl (C=O) groups is 1. The van der Waals surface area contributed by atoms with Crippen LogP contribution in [0.3, 0.4) is 0 Å². The molecule has 0 aromatic heterocycles. The van der Waals surface area contributed by atoms with Gasteiger partial charge in [-0.1, -0.05) is 42.5 Å². The van der Waals surface area contributed by atoms with E-state index >= 15 is 0 Å². The van der Waals surface area contributed by atoms with Crippen LogP contribution in [0.5, 0.6) is 0 Å². The number of rotatable bonds is 5. The van der Waals surface area contributed by atoms with Gasteiger partial charge in [-0.15, -0.1) is 0 Å². The van der Waals surface area contributed by atoms with Crippen LogP contribution in [0.1, 0.15) is 48.0 Å². The van der Waals surface area contributed by atoms with E-state index in [-0.39, 0.29) is 16.7 Å². The summed E-state index contributed by atoms with van der Waals surface area (Å²) in [7, 11) is 0. The fourth-order valence-electron chi connectivity index (χ4n) is 6.34. The monoisotopic (exact) mass is 346 g/mol. The van der Waals surface area contributed by atoms with Gasteiger partial charge in [0.05, 0.1) is 6.54 Å². The van der Waals surface area contributed by atoms with Crippen LogP contribution in [0.25, 0.3) is 0 Å². The molecule has 0 saturated heterocycles. The van der Waals surface area contributed by atoms with Crippen LogP contribution in [-0.4, -0.2) is 17.9 Å². The zero-order valence-corrected chi connectivity index (χ0v) is 15.1. The lowest BCUT2D eigenvalue weighted by molar-refractivity contribution is 0.0967. The minimum atomic E-state index is 0.148. The van der Waals surface area contributed by atoms with Gasteiger partial charge in [-0.25, -0.2) is 0 Å². The molecule has 26 heavy (non-hydrogen) atoms. The Balaban J connectivity index is 1.37. The van der Waals surface area contributed by atoms with Gasteiger partial charge in [-0.2, -0.15) is 0 Å². The van der Waals surface area contributed by atoms with Crippen LogP contribution in [0.4, 0.5) is 5.69 Å². The lowest BCUT2D eigenvalue weighted by Crippen LogP contribution is -2.50. The van der Waals surface area contributed by atoms with Crippen LogP contribution >= 0.6 is 0 Å². The Kier molecular flexibility index (Phi) is 3.51. The summed E-state index contributed by atoms with van der Waals surface area (Å²) in [5.41, 5.74) is 9.41. The Morgan fingerprint density at radius 1 is 1.04 bits per heavy atom. The van der Waals surface area contributed by atoms with Crippen molar-refractivity contribution in [3.8, 4) is 0 Å². The molecule has 134 valence electrons. The van der Waals surface area contributed by atoms with Crippen LogP contribution < -0.4 is 11.1 Å². The van der Waals surface area contributed by atoms with Gasteiger partial charge in [-0.3, -0.25) is 4.79 Å². The molecule has 4 atom stereocenters. The normalized spacial score (nSPS) is 34.3. The van der Waals surface area contributed by atoms with E-state index in [2.05, 4.69) is 17.4 Å². The SMILES string of the molecule is Nc1ccc(C23CC4CC(C2)C(NCC(=O)c2ccccc2)(C4)C3)cc1. The van der Waals surface area contributed by atoms with Gasteiger partial charge in [0.2, 0.25) is 0 Å². The van der Waals surface area contributed by atoms with Gasteiger partial charge >= 0.3 is 0 Å². The van der Waals surface area contributed by atoms with Crippen LogP contribution in [0.15, 0.2) is 54.6 Å². The standard InChI is InChI=1S/C23H26N2O/c24-20-8-6-18(7-9-20)22-11-16-10-19(13-22)23(12-16,15-22)25-14-21(26)17-4-2-1-3-5-17/h1-9,16,19,25H,10-15,24H2. The minimum Gasteiger partial charge on any atom is -0.399 e. The van der Waals surface area contributed by atoms with Gasteiger partial charge in [0.15, 0.2) is 5.78 Å². The molecule has 4 unspecified atom stereocenters. The zero-order chi connectivity index (χ0) is 17.8. The van der Waals surface area contributed by atoms with E-state index in [9.17, 15) is 4.79 Å². The second-order valence-electron chi connectivity index (χ2n) is 8.79. The van der Waals surface area contributed by atoms with E-state index in [4.69, 9.17) is 5.73 Å². The zero-order valence-electron chi connectivity index (χ0n) is 15.1. The summed E-state index contributed by atoms with van der Waals surface area (Å²) in [6, 6.07) is 18.2. The Bertz CT molecular complexity index is 831. The number of carbonyl (C=O) groups excluding carboxylic acids is 1. The average Bonchev–Trinajstić information content (AvgIpc) is 3.04. The number of nitrogens with one attached hydrogen (secondary N) is 1. The van der Waals surface area contributed by atoms with E-state index in [0.29, 0.717) is 12.5 Å². The number of ketones is 1. The van der Waals surface area contributed by atoms with Crippen molar-refractivity contribution in [3.63, 3.8) is 0 Å². The summed E-state index contributed by atoms with van der Waals surface area (Å²) in [5.74, 6) is 1.69. The second-order valence-corrected chi connectivity index (χ2v) is 8.79. The topological polar surface area (TPSA) is 55.1 Å². The van der Waals surface area contributed by atoms with Crippen molar-refractivity contribution in [2.24, 2.45) is 11.8 Å². The second kappa shape index (κ2) is 5.68. The maximum absolute atomic E-state index is 12.6. The molecule has 4 bridgehead atoms. The summed E-state index contributed by atoms with van der Waals surface area (Å²) in [4.78, 5) is 12.6. The summed E-state index contributed by atoms with van der Waals surface area (Å²) < 4.78 is 0. The highest BCUT2D eigenvalue weighted by Crippen LogP contribution is 2.66. The van der Waals surface area contributed by atoms with Crippen LogP contribution in [-0.2, 0) is 5.41 Å². The summed E-state index contributed by atoms with van der Waals surface area (Å²) >= 11 is 0. The Labute approximate surface area is 155 Å². The molecular formula is C23H26N2O. The number of hydrogen-bond acceptors (Lipinski definition) is 3. The van der Waals surface area contributed by atoms with Crippen molar-refractivity contribution < 1.29 is 4.79 Å². The van der Waals surface area contributed by atoms with Gasteiger partial charge in [-0.05, 0) is 67.1 Å². The molecule has 4 aliphatic rings. The first kappa shape index (κ1) is 16.1. The molecule has 4 saturated carbocycles. The van der Waals surface area contributed by atoms with E-state index in [1.54, 1.807) is 0 Å². The minimum absolute atomic E-state index is 0.148.